The van der Waals surface area contributed by atoms with Crippen LogP contribution in [0.3, 0.4) is 0 Å². The molecule has 4 rings (SSSR count). The van der Waals surface area contributed by atoms with Crippen LogP contribution in [0.25, 0.3) is 6.08 Å². The summed E-state index contributed by atoms with van der Waals surface area (Å²) in [6, 6.07) is 16.6. The lowest BCUT2D eigenvalue weighted by molar-refractivity contribution is -0.124. The minimum absolute atomic E-state index is 0.0989. The summed E-state index contributed by atoms with van der Waals surface area (Å²) in [6.45, 7) is 7.95. The largest absolute Gasteiger partial charge is 0.494 e. The third kappa shape index (κ3) is 2.88. The third-order valence-electron chi connectivity index (χ3n) is 5.99. The van der Waals surface area contributed by atoms with Gasteiger partial charge in [-0.25, -0.2) is 0 Å². The molecule has 0 aromatic heterocycles. The van der Waals surface area contributed by atoms with Gasteiger partial charge in [-0.15, -0.1) is 0 Å². The Bertz CT molecular complexity index is 918. The molecule has 1 N–H and O–H groups in total. The molecule has 1 atom stereocenters. The molecule has 0 saturated carbocycles. The van der Waals surface area contributed by atoms with Crippen molar-refractivity contribution < 1.29 is 9.53 Å². The van der Waals surface area contributed by atoms with Gasteiger partial charge in [-0.05, 0) is 41.8 Å². The minimum atomic E-state index is -0.577. The molecule has 4 nitrogen and oxygen atoms in total. The molecule has 1 amide bonds. The molecule has 2 heterocycles. The average molecular weight is 377 g/mol. The van der Waals surface area contributed by atoms with Crippen molar-refractivity contribution in [3.63, 3.8) is 0 Å². The number of fused-ring (bicyclic) bond motifs is 3. The smallest absolute Gasteiger partial charge is 0.223 e. The van der Waals surface area contributed by atoms with Crippen LogP contribution in [0.15, 0.2) is 54.6 Å². The maximum atomic E-state index is 12.4. The maximum absolute atomic E-state index is 12.4. The first kappa shape index (κ1) is 18.6. The van der Waals surface area contributed by atoms with Gasteiger partial charge in [0.1, 0.15) is 11.4 Å². The van der Waals surface area contributed by atoms with Crippen molar-refractivity contribution in [1.29, 1.82) is 0 Å². The van der Waals surface area contributed by atoms with Gasteiger partial charge in [-0.3, -0.25) is 4.79 Å². The quantitative estimate of drug-likeness (QED) is 0.835. The summed E-state index contributed by atoms with van der Waals surface area (Å²) in [5, 5.41) is 3.32. The van der Waals surface area contributed by atoms with E-state index in [1.165, 1.54) is 11.3 Å². The van der Waals surface area contributed by atoms with Crippen LogP contribution < -0.4 is 15.0 Å². The van der Waals surface area contributed by atoms with E-state index in [-0.39, 0.29) is 11.3 Å². The highest BCUT2D eigenvalue weighted by atomic mass is 16.5. The Morgan fingerprint density at radius 1 is 1.18 bits per heavy atom. The Labute approximate surface area is 167 Å². The van der Waals surface area contributed by atoms with Crippen LogP contribution in [0.5, 0.6) is 5.75 Å². The number of amides is 1. The highest BCUT2D eigenvalue weighted by Gasteiger charge is 2.57. The van der Waals surface area contributed by atoms with E-state index in [1.54, 1.807) is 0 Å². The predicted molar refractivity (Wildman–Crippen MR) is 114 cm³/mol. The van der Waals surface area contributed by atoms with Crippen LogP contribution in [0, 0.1) is 0 Å². The first-order valence-corrected chi connectivity index (χ1v) is 10.1. The van der Waals surface area contributed by atoms with E-state index < -0.39 is 5.66 Å². The van der Waals surface area contributed by atoms with E-state index in [1.807, 2.05) is 18.2 Å². The zero-order chi connectivity index (χ0) is 19.8. The molecular formula is C24H28N2O2. The second kappa shape index (κ2) is 7.01. The van der Waals surface area contributed by atoms with E-state index >= 15 is 0 Å². The summed E-state index contributed by atoms with van der Waals surface area (Å²) in [4.78, 5) is 14.8. The lowest BCUT2D eigenvalue weighted by atomic mass is 9.74. The number of carbonyl (C=O) groups excluding carboxylic acids is 1. The van der Waals surface area contributed by atoms with Gasteiger partial charge in [-0.2, -0.15) is 0 Å². The minimum Gasteiger partial charge on any atom is -0.494 e. The number of hydrogen-bond donors (Lipinski definition) is 1. The maximum Gasteiger partial charge on any atom is 0.223 e. The molecule has 1 saturated heterocycles. The van der Waals surface area contributed by atoms with E-state index in [4.69, 9.17) is 4.74 Å². The zero-order valence-electron chi connectivity index (χ0n) is 16.9. The number of anilines is 1. The van der Waals surface area contributed by atoms with Crippen LogP contribution in [-0.2, 0) is 10.2 Å². The number of nitrogens with one attached hydrogen (secondary N) is 1. The van der Waals surface area contributed by atoms with Crippen LogP contribution in [0.1, 0.15) is 44.7 Å². The molecule has 0 unspecified atom stereocenters. The molecule has 2 aromatic carbocycles. The Balaban J connectivity index is 1.74. The van der Waals surface area contributed by atoms with Crippen molar-refractivity contribution >= 4 is 17.7 Å². The normalized spacial score (nSPS) is 22.7. The predicted octanol–water partition coefficient (Wildman–Crippen LogP) is 4.50. The number of rotatable bonds is 5. The fourth-order valence-electron chi connectivity index (χ4n) is 4.46. The lowest BCUT2D eigenvalue weighted by Gasteiger charge is -2.49. The number of para-hydroxylation sites is 1. The highest BCUT2D eigenvalue weighted by Crippen LogP contribution is 2.52. The van der Waals surface area contributed by atoms with Gasteiger partial charge in [0.05, 0.1) is 6.61 Å². The van der Waals surface area contributed by atoms with Crippen molar-refractivity contribution in [2.75, 3.05) is 18.1 Å². The molecule has 28 heavy (non-hydrogen) atoms. The summed E-state index contributed by atoms with van der Waals surface area (Å²) in [7, 11) is 0. The van der Waals surface area contributed by atoms with Gasteiger partial charge in [0.15, 0.2) is 0 Å². The van der Waals surface area contributed by atoms with Gasteiger partial charge in [-0.1, -0.05) is 57.2 Å². The standard InChI is InChI=1S/C24H28N2O2/c1-4-16-28-19-9-7-8-18(17-19)12-14-24-23(2,3)20-10-5-6-11-21(20)26(24)15-13-22(27)25-24/h5-12,14,17H,4,13,15-16H2,1-3H3,(H,25,27)/t24-/m1/s1. The Morgan fingerprint density at radius 2 is 2.00 bits per heavy atom. The Kier molecular flexibility index (Phi) is 4.66. The highest BCUT2D eigenvalue weighted by molar-refractivity contribution is 5.84. The number of carbonyl (C=O) groups is 1. The summed E-state index contributed by atoms with van der Waals surface area (Å²) in [5.74, 6) is 0.974. The van der Waals surface area contributed by atoms with E-state index in [9.17, 15) is 4.79 Å². The van der Waals surface area contributed by atoms with Crippen molar-refractivity contribution in [2.24, 2.45) is 0 Å². The van der Waals surface area contributed by atoms with Crippen molar-refractivity contribution in [3.05, 3.63) is 65.7 Å². The Hall–Kier alpha value is -2.75. The second-order valence-electron chi connectivity index (χ2n) is 8.11. The monoisotopic (exact) mass is 376 g/mol. The summed E-state index contributed by atoms with van der Waals surface area (Å²) < 4.78 is 5.77. The topological polar surface area (TPSA) is 41.6 Å². The van der Waals surface area contributed by atoms with Crippen molar-refractivity contribution in [1.82, 2.24) is 5.32 Å². The molecule has 1 fully saturated rings. The molecule has 2 aliphatic heterocycles. The van der Waals surface area contributed by atoms with Gasteiger partial charge in [0.2, 0.25) is 5.91 Å². The SMILES string of the molecule is CCCOc1cccc(C=C[C@@]23NC(=O)CCN2c2ccccc2C3(C)C)c1. The first-order chi connectivity index (χ1) is 13.5. The summed E-state index contributed by atoms with van der Waals surface area (Å²) >= 11 is 0. The van der Waals surface area contributed by atoms with Crippen LogP contribution in [0.2, 0.25) is 0 Å². The molecule has 2 aromatic rings. The third-order valence-corrected chi connectivity index (χ3v) is 5.99. The molecule has 0 aliphatic carbocycles. The Morgan fingerprint density at radius 3 is 2.82 bits per heavy atom. The number of hydrogen-bond acceptors (Lipinski definition) is 3. The van der Waals surface area contributed by atoms with Gasteiger partial charge in [0.25, 0.3) is 0 Å². The lowest BCUT2D eigenvalue weighted by Crippen LogP contribution is -2.68. The molecule has 0 bridgehead atoms. The summed E-state index contributed by atoms with van der Waals surface area (Å²) in [6.07, 6.45) is 5.75. The molecule has 0 radical (unpaired) electrons. The van der Waals surface area contributed by atoms with Crippen LogP contribution >= 0.6 is 0 Å². The number of nitrogens with zero attached hydrogens (tertiary/aromatic N) is 1. The average Bonchev–Trinajstić information content (AvgIpc) is 2.89. The van der Waals surface area contributed by atoms with Gasteiger partial charge < -0.3 is 15.0 Å². The van der Waals surface area contributed by atoms with E-state index in [0.717, 1.165) is 24.3 Å². The van der Waals surface area contributed by atoms with E-state index in [2.05, 4.69) is 73.5 Å². The van der Waals surface area contributed by atoms with Gasteiger partial charge in [0, 0.05) is 24.1 Å². The molecule has 0 spiro atoms. The molecule has 2 aliphatic rings. The van der Waals surface area contributed by atoms with Gasteiger partial charge >= 0.3 is 0 Å². The second-order valence-corrected chi connectivity index (χ2v) is 8.11. The fraction of sp³-hybridized carbons (Fsp3) is 0.375. The number of ether oxygens (including phenoxy) is 1. The van der Waals surface area contributed by atoms with Crippen LogP contribution in [0.4, 0.5) is 5.69 Å². The zero-order valence-corrected chi connectivity index (χ0v) is 16.9. The van der Waals surface area contributed by atoms with Crippen molar-refractivity contribution in [3.8, 4) is 5.75 Å². The van der Waals surface area contributed by atoms with E-state index in [0.29, 0.717) is 13.0 Å². The first-order valence-electron chi connectivity index (χ1n) is 10.1. The van der Waals surface area contributed by atoms with Crippen molar-refractivity contribution in [2.45, 2.75) is 44.7 Å². The number of benzene rings is 2. The summed E-state index contributed by atoms with van der Waals surface area (Å²) in [5.41, 5.74) is 2.70. The fourth-order valence-corrected chi connectivity index (χ4v) is 4.46. The molecular weight excluding hydrogens is 348 g/mol. The molecule has 146 valence electrons. The van der Waals surface area contributed by atoms with Crippen LogP contribution in [-0.4, -0.2) is 24.7 Å². The molecule has 4 heteroatoms.